The zero-order valence-corrected chi connectivity index (χ0v) is 9.11. The summed E-state index contributed by atoms with van der Waals surface area (Å²) in [4.78, 5) is 0. The van der Waals surface area contributed by atoms with Crippen molar-refractivity contribution in [3.8, 4) is 0 Å². The van der Waals surface area contributed by atoms with Crippen molar-refractivity contribution in [1.29, 1.82) is 0 Å². The van der Waals surface area contributed by atoms with Crippen molar-refractivity contribution in [2.75, 3.05) is 0 Å². The third kappa shape index (κ3) is 1.80. The van der Waals surface area contributed by atoms with Crippen molar-refractivity contribution in [2.24, 2.45) is 0 Å². The van der Waals surface area contributed by atoms with Gasteiger partial charge < -0.3 is 0 Å². The third-order valence-electron chi connectivity index (χ3n) is 3.29. The molecule has 0 amide bonds. The number of nitrogens with one attached hydrogen (secondary N) is 1. The lowest BCUT2D eigenvalue weighted by molar-refractivity contribution is 0.337. The Morgan fingerprint density at radius 1 is 1.36 bits per heavy atom. The Morgan fingerprint density at radius 3 is 2.43 bits per heavy atom. The third-order valence-corrected chi connectivity index (χ3v) is 5.64. The van der Waals surface area contributed by atoms with Crippen LogP contribution in [0.25, 0.3) is 0 Å². The summed E-state index contributed by atoms with van der Waals surface area (Å²) in [6.07, 6.45) is 2.10. The molecular formula is C9H16FNO2S. The maximum atomic E-state index is 12.8. The van der Waals surface area contributed by atoms with Crippen molar-refractivity contribution in [2.45, 2.75) is 56.0 Å². The van der Waals surface area contributed by atoms with Gasteiger partial charge in [-0.2, -0.15) is 0 Å². The average Bonchev–Trinajstić information content (AvgIpc) is 2.70. The highest BCUT2D eigenvalue weighted by molar-refractivity contribution is 7.91. The minimum atomic E-state index is -3.21. The first-order chi connectivity index (χ1) is 6.43. The van der Waals surface area contributed by atoms with Gasteiger partial charge in [-0.25, -0.2) is 17.5 Å². The van der Waals surface area contributed by atoms with Crippen LogP contribution in [0.4, 0.5) is 4.39 Å². The van der Waals surface area contributed by atoms with Gasteiger partial charge in [-0.1, -0.05) is 0 Å². The van der Waals surface area contributed by atoms with Crippen LogP contribution in [-0.2, 0) is 10.0 Å². The van der Waals surface area contributed by atoms with Gasteiger partial charge in [0.1, 0.15) is 6.17 Å². The summed E-state index contributed by atoms with van der Waals surface area (Å²) in [5.41, 5.74) is 0. The van der Waals surface area contributed by atoms with Gasteiger partial charge in [0, 0.05) is 6.04 Å². The molecule has 2 saturated carbocycles. The van der Waals surface area contributed by atoms with Crippen molar-refractivity contribution in [3.05, 3.63) is 0 Å². The normalized spacial score (nSPS) is 35.9. The maximum absolute atomic E-state index is 12.8. The molecule has 0 aliphatic heterocycles. The highest BCUT2D eigenvalue weighted by Crippen LogP contribution is 2.42. The van der Waals surface area contributed by atoms with Gasteiger partial charge in [0.25, 0.3) is 0 Å². The van der Waals surface area contributed by atoms with E-state index in [1.165, 1.54) is 0 Å². The Morgan fingerprint density at radius 2 is 2.00 bits per heavy atom. The summed E-state index contributed by atoms with van der Waals surface area (Å²) in [6, 6.07) is -0.174. The smallest absolute Gasteiger partial charge is 0.217 e. The molecule has 2 aliphatic carbocycles. The van der Waals surface area contributed by atoms with Gasteiger partial charge in [-0.3, -0.25) is 0 Å². The summed E-state index contributed by atoms with van der Waals surface area (Å²) in [5, 5.41) is 0. The average molecular weight is 221 g/mol. The van der Waals surface area contributed by atoms with E-state index < -0.39 is 20.9 Å². The zero-order valence-electron chi connectivity index (χ0n) is 8.29. The van der Waals surface area contributed by atoms with E-state index in [2.05, 4.69) is 4.72 Å². The highest BCUT2D eigenvalue weighted by atomic mass is 32.2. The monoisotopic (exact) mass is 221 g/mol. The molecule has 0 saturated heterocycles. The number of hydrogen-bond donors (Lipinski definition) is 1. The minimum Gasteiger partial charge on any atom is -0.247 e. The molecule has 0 aromatic heterocycles. The van der Waals surface area contributed by atoms with Crippen LogP contribution in [0.15, 0.2) is 0 Å². The quantitative estimate of drug-likeness (QED) is 0.782. The number of hydrogen-bond acceptors (Lipinski definition) is 2. The predicted molar refractivity (Wildman–Crippen MR) is 52.2 cm³/mol. The minimum absolute atomic E-state index is 0.174. The molecule has 0 heterocycles. The number of alkyl halides is 1. The molecule has 0 unspecified atom stereocenters. The fourth-order valence-corrected chi connectivity index (χ4v) is 3.42. The van der Waals surface area contributed by atoms with E-state index in [-0.39, 0.29) is 6.04 Å². The second-order valence-corrected chi connectivity index (χ2v) is 6.91. The van der Waals surface area contributed by atoms with E-state index in [9.17, 15) is 12.8 Å². The predicted octanol–water partition coefficient (Wildman–Crippen LogP) is 1.35. The van der Waals surface area contributed by atoms with Crippen LogP contribution < -0.4 is 4.72 Å². The molecule has 0 aromatic carbocycles. The molecule has 2 atom stereocenters. The zero-order chi connectivity index (χ0) is 10.4. The van der Waals surface area contributed by atoms with E-state index in [1.54, 1.807) is 6.92 Å². The lowest BCUT2D eigenvalue weighted by Crippen LogP contribution is -2.40. The standard InChI is InChI=1S/C9H16FNO2S/c1-9(4-5-9)14(12,13)11-8-3-2-7(10)6-8/h7-8,11H,2-6H2,1H3/t7-,8+/m1/s1. The first-order valence-corrected chi connectivity index (χ1v) is 6.57. The molecule has 3 nitrogen and oxygen atoms in total. The Kier molecular flexibility index (Phi) is 2.34. The summed E-state index contributed by atoms with van der Waals surface area (Å²) in [5.74, 6) is 0. The van der Waals surface area contributed by atoms with E-state index in [0.29, 0.717) is 19.3 Å². The number of rotatable bonds is 3. The Labute approximate surface area is 84.1 Å². The second-order valence-electron chi connectivity index (χ2n) is 4.68. The first-order valence-electron chi connectivity index (χ1n) is 5.09. The van der Waals surface area contributed by atoms with Crippen LogP contribution in [0.3, 0.4) is 0 Å². The molecule has 0 radical (unpaired) electrons. The van der Waals surface area contributed by atoms with Gasteiger partial charge in [-0.15, -0.1) is 0 Å². The van der Waals surface area contributed by atoms with Crippen molar-refractivity contribution in [1.82, 2.24) is 4.72 Å². The van der Waals surface area contributed by atoms with Crippen LogP contribution in [0.2, 0.25) is 0 Å². The molecule has 1 N–H and O–H groups in total. The van der Waals surface area contributed by atoms with Gasteiger partial charge in [0.2, 0.25) is 10.0 Å². The number of halogens is 1. The first kappa shape index (κ1) is 10.4. The van der Waals surface area contributed by atoms with E-state index in [4.69, 9.17) is 0 Å². The molecule has 14 heavy (non-hydrogen) atoms. The lowest BCUT2D eigenvalue weighted by Gasteiger charge is -2.16. The Hall–Kier alpha value is -0.160. The fraction of sp³-hybridized carbons (Fsp3) is 1.00. The SMILES string of the molecule is CC1(S(=O)(=O)N[C@H]2CC[C@@H](F)C2)CC1. The fourth-order valence-electron chi connectivity index (χ4n) is 1.84. The van der Waals surface area contributed by atoms with Gasteiger partial charge in [0.05, 0.1) is 4.75 Å². The van der Waals surface area contributed by atoms with E-state index in [1.807, 2.05) is 0 Å². The number of sulfonamides is 1. The van der Waals surface area contributed by atoms with Crippen molar-refractivity contribution >= 4 is 10.0 Å². The highest BCUT2D eigenvalue weighted by Gasteiger charge is 2.50. The molecule has 2 aliphatic rings. The van der Waals surface area contributed by atoms with Crippen molar-refractivity contribution < 1.29 is 12.8 Å². The van der Waals surface area contributed by atoms with E-state index >= 15 is 0 Å². The summed E-state index contributed by atoms with van der Waals surface area (Å²) in [7, 11) is -3.21. The van der Waals surface area contributed by atoms with Crippen LogP contribution in [0.5, 0.6) is 0 Å². The molecule has 82 valence electrons. The van der Waals surface area contributed by atoms with Crippen molar-refractivity contribution in [3.63, 3.8) is 0 Å². The Bertz CT molecular complexity index is 324. The molecule has 5 heteroatoms. The molecule has 2 rings (SSSR count). The van der Waals surface area contributed by atoms with Gasteiger partial charge >= 0.3 is 0 Å². The van der Waals surface area contributed by atoms with Crippen LogP contribution in [0, 0.1) is 0 Å². The summed E-state index contributed by atoms with van der Waals surface area (Å²) >= 11 is 0. The molecule has 0 spiro atoms. The van der Waals surface area contributed by atoms with Gasteiger partial charge in [0.15, 0.2) is 0 Å². The molecule has 0 aromatic rings. The summed E-state index contributed by atoms with van der Waals surface area (Å²) < 4.78 is 38.4. The molecule has 2 fully saturated rings. The van der Waals surface area contributed by atoms with Crippen LogP contribution in [0.1, 0.15) is 39.0 Å². The Balaban J connectivity index is 1.97. The van der Waals surface area contributed by atoms with Crippen LogP contribution >= 0.6 is 0 Å². The molecular weight excluding hydrogens is 205 g/mol. The summed E-state index contributed by atoms with van der Waals surface area (Å²) in [6.45, 7) is 1.75. The largest absolute Gasteiger partial charge is 0.247 e. The lowest BCUT2D eigenvalue weighted by atomic mass is 10.3. The van der Waals surface area contributed by atoms with Crippen LogP contribution in [-0.4, -0.2) is 25.4 Å². The topological polar surface area (TPSA) is 46.2 Å². The van der Waals surface area contributed by atoms with E-state index in [0.717, 1.165) is 12.8 Å². The second kappa shape index (κ2) is 3.17. The maximum Gasteiger partial charge on any atom is 0.217 e. The van der Waals surface area contributed by atoms with Gasteiger partial charge in [-0.05, 0) is 39.0 Å². The molecule has 0 bridgehead atoms.